The molecule has 0 radical (unpaired) electrons. The van der Waals surface area contributed by atoms with Gasteiger partial charge in [0.15, 0.2) is 6.29 Å². The Labute approximate surface area is 76.3 Å². The Kier molecular flexibility index (Phi) is 3.43. The number of carbonyl (C=O) groups excluding carboxylic acids is 1. The lowest BCUT2D eigenvalue weighted by Crippen LogP contribution is -1.96. The van der Waals surface area contributed by atoms with Crippen molar-refractivity contribution in [2.45, 2.75) is 13.3 Å². The van der Waals surface area contributed by atoms with Gasteiger partial charge in [0.25, 0.3) is 0 Å². The van der Waals surface area contributed by atoms with Crippen LogP contribution >= 0.6 is 0 Å². The minimum atomic E-state index is -0.538. The van der Waals surface area contributed by atoms with Gasteiger partial charge in [-0.2, -0.15) is 0 Å². The molecule has 0 spiro atoms. The number of carbonyl (C=O) groups is 1. The lowest BCUT2D eigenvalue weighted by atomic mass is 10.2. The summed E-state index contributed by atoms with van der Waals surface area (Å²) < 4.78 is 18.1. The van der Waals surface area contributed by atoms with Crippen LogP contribution in [-0.2, 0) is 0 Å². The normalized spacial score (nSPS) is 9.69. The van der Waals surface area contributed by atoms with Gasteiger partial charge in [-0.05, 0) is 18.6 Å². The van der Waals surface area contributed by atoms with Crippen molar-refractivity contribution < 1.29 is 13.9 Å². The van der Waals surface area contributed by atoms with E-state index < -0.39 is 5.82 Å². The van der Waals surface area contributed by atoms with Gasteiger partial charge in [0.05, 0.1) is 12.2 Å². The summed E-state index contributed by atoms with van der Waals surface area (Å²) >= 11 is 0. The second-order valence-corrected chi connectivity index (χ2v) is 2.65. The van der Waals surface area contributed by atoms with Gasteiger partial charge < -0.3 is 4.74 Å². The standard InChI is InChI=1S/C10H11FO2/c1-2-5-13-9-4-3-8(7-12)10(11)6-9/h3-4,6-7H,2,5H2,1H3. The highest BCUT2D eigenvalue weighted by Gasteiger charge is 2.02. The van der Waals surface area contributed by atoms with Crippen molar-refractivity contribution in [3.63, 3.8) is 0 Å². The van der Waals surface area contributed by atoms with Crippen LogP contribution in [0.4, 0.5) is 4.39 Å². The number of hydrogen-bond donors (Lipinski definition) is 0. The first-order chi connectivity index (χ1) is 6.27. The van der Waals surface area contributed by atoms with Crippen molar-refractivity contribution in [3.8, 4) is 5.75 Å². The third-order valence-corrected chi connectivity index (χ3v) is 1.57. The monoisotopic (exact) mass is 182 g/mol. The second-order valence-electron chi connectivity index (χ2n) is 2.65. The predicted molar refractivity (Wildman–Crippen MR) is 47.6 cm³/mol. The molecule has 0 amide bonds. The van der Waals surface area contributed by atoms with Gasteiger partial charge in [-0.25, -0.2) is 4.39 Å². The quantitative estimate of drug-likeness (QED) is 0.668. The summed E-state index contributed by atoms with van der Waals surface area (Å²) in [6.07, 6.45) is 1.36. The Hall–Kier alpha value is -1.38. The van der Waals surface area contributed by atoms with Crippen LogP contribution in [0.5, 0.6) is 5.75 Å². The summed E-state index contributed by atoms with van der Waals surface area (Å²) in [7, 11) is 0. The molecule has 0 saturated carbocycles. The zero-order valence-corrected chi connectivity index (χ0v) is 7.42. The first-order valence-corrected chi connectivity index (χ1v) is 4.15. The summed E-state index contributed by atoms with van der Waals surface area (Å²) in [6, 6.07) is 4.22. The smallest absolute Gasteiger partial charge is 0.152 e. The molecule has 0 saturated heterocycles. The average Bonchev–Trinajstić information content (AvgIpc) is 2.15. The van der Waals surface area contributed by atoms with Gasteiger partial charge in [-0.3, -0.25) is 4.79 Å². The topological polar surface area (TPSA) is 26.3 Å². The van der Waals surface area contributed by atoms with E-state index in [-0.39, 0.29) is 5.56 Å². The highest BCUT2D eigenvalue weighted by Crippen LogP contribution is 2.15. The Balaban J connectivity index is 2.77. The van der Waals surface area contributed by atoms with Crippen LogP contribution in [0.15, 0.2) is 18.2 Å². The molecular formula is C10H11FO2. The summed E-state index contributed by atoms with van der Waals surface area (Å²) in [6.45, 7) is 2.52. The maximum Gasteiger partial charge on any atom is 0.152 e. The van der Waals surface area contributed by atoms with Crippen LogP contribution in [0.2, 0.25) is 0 Å². The molecule has 0 atom stereocenters. The van der Waals surface area contributed by atoms with E-state index in [1.807, 2.05) is 6.92 Å². The number of benzene rings is 1. The molecule has 0 aromatic heterocycles. The molecule has 0 heterocycles. The van der Waals surface area contributed by atoms with Gasteiger partial charge in [0.2, 0.25) is 0 Å². The van der Waals surface area contributed by atoms with Crippen LogP contribution in [-0.4, -0.2) is 12.9 Å². The summed E-state index contributed by atoms with van der Waals surface area (Å²) in [4.78, 5) is 10.3. The fourth-order valence-electron chi connectivity index (χ4n) is 0.913. The largest absolute Gasteiger partial charge is 0.494 e. The Morgan fingerprint density at radius 3 is 2.85 bits per heavy atom. The molecular weight excluding hydrogens is 171 g/mol. The molecule has 0 aliphatic heterocycles. The molecule has 70 valence electrons. The maximum absolute atomic E-state index is 13.0. The molecule has 0 bridgehead atoms. The van der Waals surface area contributed by atoms with Crippen LogP contribution in [0.25, 0.3) is 0 Å². The third kappa shape index (κ3) is 2.54. The molecule has 1 aromatic carbocycles. The first-order valence-electron chi connectivity index (χ1n) is 4.15. The minimum absolute atomic E-state index is 0.0591. The summed E-state index contributed by atoms with van der Waals surface area (Å²) in [5.74, 6) is -0.0754. The Bertz CT molecular complexity index is 297. The molecule has 3 heteroatoms. The van der Waals surface area contributed by atoms with Gasteiger partial charge in [0, 0.05) is 6.07 Å². The molecule has 1 rings (SSSR count). The van der Waals surface area contributed by atoms with Gasteiger partial charge in [-0.1, -0.05) is 6.92 Å². The fourth-order valence-corrected chi connectivity index (χ4v) is 0.913. The molecule has 0 aliphatic carbocycles. The SMILES string of the molecule is CCCOc1ccc(C=O)c(F)c1. The molecule has 2 nitrogen and oxygen atoms in total. The number of rotatable bonds is 4. The minimum Gasteiger partial charge on any atom is -0.494 e. The van der Waals surface area contributed by atoms with Crippen molar-refractivity contribution in [3.05, 3.63) is 29.6 Å². The zero-order chi connectivity index (χ0) is 9.68. The molecule has 0 aliphatic rings. The molecule has 13 heavy (non-hydrogen) atoms. The average molecular weight is 182 g/mol. The fraction of sp³-hybridized carbons (Fsp3) is 0.300. The van der Waals surface area contributed by atoms with Gasteiger partial charge in [-0.15, -0.1) is 0 Å². The molecule has 1 aromatic rings. The molecule has 0 N–H and O–H groups in total. The van der Waals surface area contributed by atoms with E-state index in [1.54, 1.807) is 6.07 Å². The van der Waals surface area contributed by atoms with E-state index in [4.69, 9.17) is 4.74 Å². The van der Waals surface area contributed by atoms with E-state index in [0.717, 1.165) is 6.42 Å². The Morgan fingerprint density at radius 2 is 2.31 bits per heavy atom. The summed E-state index contributed by atoms with van der Waals surface area (Å²) in [5, 5.41) is 0. The van der Waals surface area contributed by atoms with Crippen molar-refractivity contribution in [2.24, 2.45) is 0 Å². The highest BCUT2D eigenvalue weighted by atomic mass is 19.1. The van der Waals surface area contributed by atoms with E-state index in [9.17, 15) is 9.18 Å². The van der Waals surface area contributed by atoms with Crippen molar-refractivity contribution in [2.75, 3.05) is 6.61 Å². The number of hydrogen-bond acceptors (Lipinski definition) is 2. The van der Waals surface area contributed by atoms with Crippen LogP contribution in [0.1, 0.15) is 23.7 Å². The zero-order valence-electron chi connectivity index (χ0n) is 7.42. The lowest BCUT2D eigenvalue weighted by molar-refractivity contribution is 0.111. The number of halogens is 1. The number of aldehydes is 1. The second kappa shape index (κ2) is 4.60. The van der Waals surface area contributed by atoms with Crippen LogP contribution in [0.3, 0.4) is 0 Å². The third-order valence-electron chi connectivity index (χ3n) is 1.57. The van der Waals surface area contributed by atoms with Gasteiger partial charge >= 0.3 is 0 Å². The first kappa shape index (κ1) is 9.71. The summed E-state index contributed by atoms with van der Waals surface area (Å²) in [5.41, 5.74) is 0.0591. The number of ether oxygens (including phenoxy) is 1. The van der Waals surface area contributed by atoms with E-state index >= 15 is 0 Å². The predicted octanol–water partition coefficient (Wildman–Crippen LogP) is 2.43. The Morgan fingerprint density at radius 1 is 1.54 bits per heavy atom. The van der Waals surface area contributed by atoms with Gasteiger partial charge in [0.1, 0.15) is 11.6 Å². The maximum atomic E-state index is 13.0. The van der Waals surface area contributed by atoms with Crippen LogP contribution < -0.4 is 4.74 Å². The highest BCUT2D eigenvalue weighted by molar-refractivity contribution is 5.75. The van der Waals surface area contributed by atoms with Crippen molar-refractivity contribution >= 4 is 6.29 Å². The molecule has 0 unspecified atom stereocenters. The van der Waals surface area contributed by atoms with Crippen LogP contribution in [0, 0.1) is 5.82 Å². The van der Waals surface area contributed by atoms with Crippen molar-refractivity contribution in [1.82, 2.24) is 0 Å². The van der Waals surface area contributed by atoms with E-state index in [0.29, 0.717) is 18.6 Å². The molecule has 0 fully saturated rings. The van der Waals surface area contributed by atoms with E-state index in [2.05, 4.69) is 0 Å². The van der Waals surface area contributed by atoms with Crippen molar-refractivity contribution in [1.29, 1.82) is 0 Å². The lowest BCUT2D eigenvalue weighted by Gasteiger charge is -2.04. The van der Waals surface area contributed by atoms with E-state index in [1.165, 1.54) is 12.1 Å².